The summed E-state index contributed by atoms with van der Waals surface area (Å²) >= 11 is 0. The number of benzene rings is 1. The minimum Gasteiger partial charge on any atom is -0.481 e. The first kappa shape index (κ1) is 17.0. The first-order valence-electron chi connectivity index (χ1n) is 7.44. The lowest BCUT2D eigenvalue weighted by molar-refractivity contribution is -0.137. The SMILES string of the molecule is CCCCCNC(=O)NC(CCC(=O)O)c1ccccc1. The highest BCUT2D eigenvalue weighted by Crippen LogP contribution is 2.18. The molecule has 1 aromatic carbocycles. The van der Waals surface area contributed by atoms with Gasteiger partial charge in [-0.15, -0.1) is 0 Å². The number of aliphatic carboxylic acids is 1. The average Bonchev–Trinajstić information content (AvgIpc) is 2.48. The van der Waals surface area contributed by atoms with Gasteiger partial charge in [-0.1, -0.05) is 50.1 Å². The lowest BCUT2D eigenvalue weighted by atomic mass is 10.0. The Labute approximate surface area is 125 Å². The summed E-state index contributed by atoms with van der Waals surface area (Å²) in [5, 5.41) is 14.5. The molecule has 116 valence electrons. The fourth-order valence-corrected chi connectivity index (χ4v) is 2.06. The number of hydrogen-bond donors (Lipinski definition) is 3. The molecular formula is C16H24N2O3. The van der Waals surface area contributed by atoms with Crippen LogP contribution in [0.5, 0.6) is 0 Å². The number of carbonyl (C=O) groups excluding carboxylic acids is 1. The van der Waals surface area contributed by atoms with Crippen LogP contribution in [0.2, 0.25) is 0 Å². The summed E-state index contributed by atoms with van der Waals surface area (Å²) in [4.78, 5) is 22.6. The van der Waals surface area contributed by atoms with Gasteiger partial charge in [0.15, 0.2) is 0 Å². The molecule has 5 nitrogen and oxygen atoms in total. The first-order valence-corrected chi connectivity index (χ1v) is 7.44. The van der Waals surface area contributed by atoms with E-state index in [1.165, 1.54) is 0 Å². The molecule has 0 saturated heterocycles. The number of carboxylic acid groups (broad SMARTS) is 1. The van der Waals surface area contributed by atoms with Gasteiger partial charge in [0.1, 0.15) is 0 Å². The molecule has 1 unspecified atom stereocenters. The summed E-state index contributed by atoms with van der Waals surface area (Å²) in [7, 11) is 0. The topological polar surface area (TPSA) is 78.4 Å². The quantitative estimate of drug-likeness (QED) is 0.612. The van der Waals surface area contributed by atoms with Gasteiger partial charge in [-0.2, -0.15) is 0 Å². The van der Waals surface area contributed by atoms with Crippen molar-refractivity contribution in [2.24, 2.45) is 0 Å². The zero-order valence-corrected chi connectivity index (χ0v) is 12.5. The summed E-state index contributed by atoms with van der Waals surface area (Å²) in [5.41, 5.74) is 0.919. The molecule has 0 bridgehead atoms. The van der Waals surface area contributed by atoms with Gasteiger partial charge in [0.25, 0.3) is 0 Å². The molecule has 0 aromatic heterocycles. The van der Waals surface area contributed by atoms with Crippen LogP contribution in [0.3, 0.4) is 0 Å². The molecule has 1 atom stereocenters. The van der Waals surface area contributed by atoms with Crippen LogP contribution in [0.1, 0.15) is 50.6 Å². The maximum Gasteiger partial charge on any atom is 0.315 e. The smallest absolute Gasteiger partial charge is 0.315 e. The van der Waals surface area contributed by atoms with E-state index in [-0.39, 0.29) is 18.5 Å². The Morgan fingerprint density at radius 2 is 1.90 bits per heavy atom. The number of amides is 2. The molecule has 0 aliphatic rings. The highest BCUT2D eigenvalue weighted by atomic mass is 16.4. The number of unbranched alkanes of at least 4 members (excludes halogenated alkanes) is 2. The van der Waals surface area contributed by atoms with Crippen molar-refractivity contribution in [1.82, 2.24) is 10.6 Å². The predicted molar refractivity (Wildman–Crippen MR) is 82.1 cm³/mol. The van der Waals surface area contributed by atoms with Crippen LogP contribution in [-0.4, -0.2) is 23.7 Å². The fraction of sp³-hybridized carbons (Fsp3) is 0.500. The minimum absolute atomic E-state index is 0.0235. The van der Waals surface area contributed by atoms with Gasteiger partial charge < -0.3 is 15.7 Å². The summed E-state index contributed by atoms with van der Waals surface area (Å²) in [6.07, 6.45) is 3.54. The Kier molecular flexibility index (Phi) is 7.94. The second-order valence-electron chi connectivity index (χ2n) is 5.00. The van der Waals surface area contributed by atoms with E-state index in [9.17, 15) is 9.59 Å². The monoisotopic (exact) mass is 292 g/mol. The number of carbonyl (C=O) groups is 2. The van der Waals surface area contributed by atoms with Crippen LogP contribution >= 0.6 is 0 Å². The van der Waals surface area contributed by atoms with E-state index in [4.69, 9.17) is 5.11 Å². The van der Waals surface area contributed by atoms with Gasteiger partial charge in [0.2, 0.25) is 0 Å². The van der Waals surface area contributed by atoms with Crippen molar-refractivity contribution in [3.05, 3.63) is 35.9 Å². The molecule has 5 heteroatoms. The lowest BCUT2D eigenvalue weighted by Crippen LogP contribution is -2.38. The van der Waals surface area contributed by atoms with Gasteiger partial charge in [0.05, 0.1) is 6.04 Å². The van der Waals surface area contributed by atoms with Crippen LogP contribution in [0, 0.1) is 0 Å². The van der Waals surface area contributed by atoms with Gasteiger partial charge in [-0.05, 0) is 18.4 Å². The molecule has 21 heavy (non-hydrogen) atoms. The molecule has 3 N–H and O–H groups in total. The third-order valence-corrected chi connectivity index (χ3v) is 3.22. The first-order chi connectivity index (χ1) is 10.1. The van der Waals surface area contributed by atoms with E-state index in [0.29, 0.717) is 13.0 Å². The van der Waals surface area contributed by atoms with Crippen LogP contribution in [0.4, 0.5) is 4.79 Å². The van der Waals surface area contributed by atoms with Crippen LogP contribution in [0.15, 0.2) is 30.3 Å². The van der Waals surface area contributed by atoms with Crippen LogP contribution < -0.4 is 10.6 Å². The van der Waals surface area contributed by atoms with Gasteiger partial charge in [0, 0.05) is 13.0 Å². The van der Waals surface area contributed by atoms with Gasteiger partial charge >= 0.3 is 12.0 Å². The van der Waals surface area contributed by atoms with Crippen molar-refractivity contribution < 1.29 is 14.7 Å². The second kappa shape index (κ2) is 9.80. The van der Waals surface area contributed by atoms with E-state index >= 15 is 0 Å². The molecule has 0 saturated carbocycles. The van der Waals surface area contributed by atoms with Crippen molar-refractivity contribution in [3.63, 3.8) is 0 Å². The van der Waals surface area contributed by atoms with E-state index in [1.54, 1.807) is 0 Å². The molecule has 0 aliphatic carbocycles. The normalized spacial score (nSPS) is 11.7. The molecule has 1 aromatic rings. The van der Waals surface area contributed by atoms with E-state index in [2.05, 4.69) is 17.6 Å². The molecule has 0 radical (unpaired) electrons. The Bertz CT molecular complexity index is 434. The second-order valence-corrected chi connectivity index (χ2v) is 5.00. The van der Waals surface area contributed by atoms with Crippen molar-refractivity contribution in [2.75, 3.05) is 6.54 Å². The maximum atomic E-state index is 11.9. The van der Waals surface area contributed by atoms with E-state index < -0.39 is 5.97 Å². The van der Waals surface area contributed by atoms with Crippen molar-refractivity contribution in [3.8, 4) is 0 Å². The van der Waals surface area contributed by atoms with Crippen molar-refractivity contribution in [2.45, 2.75) is 45.1 Å². The predicted octanol–water partition coefficient (Wildman–Crippen LogP) is 3.08. The summed E-state index contributed by atoms with van der Waals surface area (Å²) < 4.78 is 0. The summed E-state index contributed by atoms with van der Waals surface area (Å²) in [6, 6.07) is 8.91. The van der Waals surface area contributed by atoms with Gasteiger partial charge in [-0.3, -0.25) is 4.79 Å². The third-order valence-electron chi connectivity index (χ3n) is 3.22. The van der Waals surface area contributed by atoms with Crippen molar-refractivity contribution in [1.29, 1.82) is 0 Å². The fourth-order valence-electron chi connectivity index (χ4n) is 2.06. The molecule has 0 spiro atoms. The number of hydrogen-bond acceptors (Lipinski definition) is 2. The Balaban J connectivity index is 2.52. The minimum atomic E-state index is -0.860. The Hall–Kier alpha value is -2.04. The number of nitrogens with one attached hydrogen (secondary N) is 2. The highest BCUT2D eigenvalue weighted by Gasteiger charge is 2.15. The van der Waals surface area contributed by atoms with Gasteiger partial charge in [-0.25, -0.2) is 4.79 Å². The molecule has 2 amide bonds. The van der Waals surface area contributed by atoms with Crippen molar-refractivity contribution >= 4 is 12.0 Å². The average molecular weight is 292 g/mol. The number of rotatable bonds is 9. The zero-order chi connectivity index (χ0) is 15.5. The molecule has 0 aliphatic heterocycles. The number of urea groups is 1. The van der Waals surface area contributed by atoms with E-state index in [1.807, 2.05) is 30.3 Å². The highest BCUT2D eigenvalue weighted by molar-refractivity contribution is 5.74. The molecule has 0 fully saturated rings. The largest absolute Gasteiger partial charge is 0.481 e. The standard InChI is InChI=1S/C16H24N2O3/c1-2-3-7-12-17-16(21)18-14(10-11-15(19)20)13-8-5-4-6-9-13/h4-6,8-9,14H,2-3,7,10-12H2,1H3,(H,19,20)(H2,17,18,21). The van der Waals surface area contributed by atoms with E-state index in [0.717, 1.165) is 24.8 Å². The molecule has 1 rings (SSSR count). The molecule has 0 heterocycles. The number of carboxylic acids is 1. The summed E-state index contributed by atoms with van der Waals surface area (Å²) in [6.45, 7) is 2.75. The maximum absolute atomic E-state index is 11.9. The van der Waals surface area contributed by atoms with Crippen LogP contribution in [0.25, 0.3) is 0 Å². The Morgan fingerprint density at radius 3 is 2.52 bits per heavy atom. The molecular weight excluding hydrogens is 268 g/mol. The zero-order valence-electron chi connectivity index (χ0n) is 12.5. The van der Waals surface area contributed by atoms with Crippen LogP contribution in [-0.2, 0) is 4.79 Å². The lowest BCUT2D eigenvalue weighted by Gasteiger charge is -2.19. The third kappa shape index (κ3) is 7.34. The Morgan fingerprint density at radius 1 is 1.19 bits per heavy atom. The summed E-state index contributed by atoms with van der Waals surface area (Å²) in [5.74, 6) is -0.860.